The molecule has 0 N–H and O–H groups in total. The van der Waals surface area contributed by atoms with Crippen LogP contribution >= 0.6 is 27.5 Å². The Bertz CT molecular complexity index is 354. The highest BCUT2D eigenvalue weighted by molar-refractivity contribution is 9.10. The third-order valence-electron chi connectivity index (χ3n) is 1.67. The number of aryl methyl sites for hydroxylation is 1. The van der Waals surface area contributed by atoms with Crippen LogP contribution in [-0.2, 0) is 5.88 Å². The molecule has 5 heteroatoms. The molecule has 0 bridgehead atoms. The minimum absolute atomic E-state index is 0.0800. The number of hydrogen-bond acceptors (Lipinski definition) is 2. The van der Waals surface area contributed by atoms with E-state index in [0.717, 1.165) is 15.6 Å². The molecule has 70 valence electrons. The molecule has 1 aromatic carbocycles. The van der Waals surface area contributed by atoms with Crippen molar-refractivity contribution in [2.75, 3.05) is 0 Å². The van der Waals surface area contributed by atoms with Crippen LogP contribution in [0.25, 0.3) is 0 Å². The number of halogens is 2. The van der Waals surface area contributed by atoms with Crippen LogP contribution in [0, 0.1) is 17.0 Å². The zero-order chi connectivity index (χ0) is 10.0. The van der Waals surface area contributed by atoms with Gasteiger partial charge in [-0.1, -0.05) is 15.9 Å². The molecule has 0 unspecified atom stereocenters. The highest BCUT2D eigenvalue weighted by atomic mass is 79.9. The predicted molar refractivity (Wildman–Crippen MR) is 55.1 cm³/mol. The third-order valence-corrected chi connectivity index (χ3v) is 3.09. The highest BCUT2D eigenvalue weighted by Gasteiger charge is 2.11. The van der Waals surface area contributed by atoms with E-state index in [1.165, 1.54) is 12.1 Å². The summed E-state index contributed by atoms with van der Waals surface area (Å²) < 4.78 is 0.841. The normalized spacial score (nSPS) is 10.1. The lowest BCUT2D eigenvalue weighted by Gasteiger charge is -2.03. The Morgan fingerprint density at radius 2 is 2.23 bits per heavy atom. The Hall–Kier alpha value is -0.610. The summed E-state index contributed by atoms with van der Waals surface area (Å²) >= 11 is 8.94. The molecule has 0 radical (unpaired) electrons. The number of rotatable bonds is 2. The van der Waals surface area contributed by atoms with Crippen LogP contribution in [0.1, 0.15) is 11.1 Å². The Balaban J connectivity index is 3.30. The fraction of sp³-hybridized carbons (Fsp3) is 0.250. The second-order valence-corrected chi connectivity index (χ2v) is 3.69. The minimum Gasteiger partial charge on any atom is -0.258 e. The molecule has 0 spiro atoms. The molecule has 0 heterocycles. The van der Waals surface area contributed by atoms with Crippen molar-refractivity contribution in [2.24, 2.45) is 0 Å². The quantitative estimate of drug-likeness (QED) is 0.467. The van der Waals surface area contributed by atoms with Crippen molar-refractivity contribution in [3.8, 4) is 0 Å². The van der Waals surface area contributed by atoms with Gasteiger partial charge in [-0.05, 0) is 18.1 Å². The van der Waals surface area contributed by atoms with Gasteiger partial charge in [0.05, 0.1) is 4.92 Å². The summed E-state index contributed by atoms with van der Waals surface area (Å²) in [6, 6.07) is 2.99. The van der Waals surface area contributed by atoms with Crippen LogP contribution in [0.2, 0.25) is 0 Å². The van der Waals surface area contributed by atoms with Gasteiger partial charge in [0, 0.05) is 22.5 Å². The molecule has 0 aromatic heterocycles. The largest absolute Gasteiger partial charge is 0.270 e. The lowest BCUT2D eigenvalue weighted by Crippen LogP contribution is -1.92. The first-order chi connectivity index (χ1) is 6.06. The van der Waals surface area contributed by atoms with Gasteiger partial charge in [0.1, 0.15) is 0 Å². The Kier molecular flexibility index (Phi) is 3.27. The van der Waals surface area contributed by atoms with E-state index in [1.54, 1.807) is 6.92 Å². The third kappa shape index (κ3) is 2.19. The molecular weight excluding hydrogens is 257 g/mol. The maximum Gasteiger partial charge on any atom is 0.270 e. The summed E-state index contributed by atoms with van der Waals surface area (Å²) in [5.74, 6) is 0.267. The number of benzene rings is 1. The molecule has 0 aliphatic rings. The second-order valence-electron chi connectivity index (χ2n) is 2.63. The van der Waals surface area contributed by atoms with Gasteiger partial charge in [0.15, 0.2) is 0 Å². The molecule has 3 nitrogen and oxygen atoms in total. The minimum atomic E-state index is -0.421. The molecule has 0 atom stereocenters. The van der Waals surface area contributed by atoms with E-state index in [1.807, 2.05) is 0 Å². The smallest absolute Gasteiger partial charge is 0.258 e. The monoisotopic (exact) mass is 263 g/mol. The molecule has 0 amide bonds. The fourth-order valence-electron chi connectivity index (χ4n) is 1.02. The average Bonchev–Trinajstić information content (AvgIpc) is 2.09. The standard InChI is InChI=1S/C8H7BrClNO2/c1-5-2-7(11(12)13)3-6(4-10)8(5)9/h2-3H,4H2,1H3. The van der Waals surface area contributed by atoms with Gasteiger partial charge in [0.2, 0.25) is 0 Å². The summed E-state index contributed by atoms with van der Waals surface area (Å²) in [5.41, 5.74) is 1.65. The van der Waals surface area contributed by atoms with Gasteiger partial charge >= 0.3 is 0 Å². The van der Waals surface area contributed by atoms with E-state index in [9.17, 15) is 10.1 Å². The van der Waals surface area contributed by atoms with Crippen LogP contribution in [-0.4, -0.2) is 4.92 Å². The average molecular weight is 265 g/mol. The van der Waals surface area contributed by atoms with Crippen molar-refractivity contribution < 1.29 is 4.92 Å². The summed E-state index contributed by atoms with van der Waals surface area (Å²) in [6.07, 6.45) is 0. The molecule has 0 fully saturated rings. The van der Waals surface area contributed by atoms with Crippen molar-refractivity contribution in [1.29, 1.82) is 0 Å². The zero-order valence-electron chi connectivity index (χ0n) is 6.88. The molecule has 0 aliphatic carbocycles. The van der Waals surface area contributed by atoms with Crippen molar-refractivity contribution in [1.82, 2.24) is 0 Å². The summed E-state index contributed by atoms with van der Waals surface area (Å²) in [7, 11) is 0. The Morgan fingerprint density at radius 3 is 2.69 bits per heavy atom. The topological polar surface area (TPSA) is 43.1 Å². The van der Waals surface area contributed by atoms with E-state index in [0.29, 0.717) is 0 Å². The summed E-state index contributed by atoms with van der Waals surface area (Å²) in [5, 5.41) is 10.5. The van der Waals surface area contributed by atoms with Gasteiger partial charge in [0.25, 0.3) is 5.69 Å². The van der Waals surface area contributed by atoms with Crippen molar-refractivity contribution in [2.45, 2.75) is 12.8 Å². The van der Waals surface area contributed by atoms with E-state index >= 15 is 0 Å². The number of non-ortho nitro benzene ring substituents is 1. The molecule has 0 aliphatic heterocycles. The number of hydrogen-bond donors (Lipinski definition) is 0. The first kappa shape index (κ1) is 10.5. The highest BCUT2D eigenvalue weighted by Crippen LogP contribution is 2.27. The maximum absolute atomic E-state index is 10.5. The number of alkyl halides is 1. The summed E-state index contributed by atoms with van der Waals surface area (Å²) in [6.45, 7) is 1.80. The molecular formula is C8H7BrClNO2. The molecule has 1 aromatic rings. The van der Waals surface area contributed by atoms with E-state index in [4.69, 9.17) is 11.6 Å². The van der Waals surface area contributed by atoms with E-state index < -0.39 is 4.92 Å². The van der Waals surface area contributed by atoms with Gasteiger partial charge in [-0.2, -0.15) is 0 Å². The van der Waals surface area contributed by atoms with Crippen LogP contribution in [0.5, 0.6) is 0 Å². The van der Waals surface area contributed by atoms with Crippen molar-refractivity contribution >= 4 is 33.2 Å². The molecule has 1 rings (SSSR count). The first-order valence-electron chi connectivity index (χ1n) is 3.55. The summed E-state index contributed by atoms with van der Waals surface area (Å²) in [4.78, 5) is 10.1. The van der Waals surface area contributed by atoms with Crippen molar-refractivity contribution in [3.63, 3.8) is 0 Å². The van der Waals surface area contributed by atoms with E-state index in [2.05, 4.69) is 15.9 Å². The van der Waals surface area contributed by atoms with E-state index in [-0.39, 0.29) is 11.6 Å². The Morgan fingerprint density at radius 1 is 1.62 bits per heavy atom. The van der Waals surface area contributed by atoms with Crippen LogP contribution in [0.4, 0.5) is 5.69 Å². The first-order valence-corrected chi connectivity index (χ1v) is 4.88. The number of nitro groups is 1. The van der Waals surface area contributed by atoms with Crippen LogP contribution in [0.15, 0.2) is 16.6 Å². The molecule has 0 saturated carbocycles. The zero-order valence-corrected chi connectivity index (χ0v) is 9.22. The fourth-order valence-corrected chi connectivity index (χ4v) is 1.77. The van der Waals surface area contributed by atoms with Gasteiger partial charge < -0.3 is 0 Å². The molecule has 13 heavy (non-hydrogen) atoms. The SMILES string of the molecule is Cc1cc([N+](=O)[O-])cc(CCl)c1Br. The lowest BCUT2D eigenvalue weighted by molar-refractivity contribution is -0.385. The van der Waals surface area contributed by atoms with Gasteiger partial charge in [-0.25, -0.2) is 0 Å². The maximum atomic E-state index is 10.5. The second kappa shape index (κ2) is 4.07. The van der Waals surface area contributed by atoms with Crippen molar-refractivity contribution in [3.05, 3.63) is 37.8 Å². The predicted octanol–water partition coefficient (Wildman–Crippen LogP) is 3.40. The van der Waals surface area contributed by atoms with Crippen LogP contribution in [0.3, 0.4) is 0 Å². The van der Waals surface area contributed by atoms with Crippen LogP contribution < -0.4 is 0 Å². The van der Waals surface area contributed by atoms with Gasteiger partial charge in [-0.3, -0.25) is 10.1 Å². The lowest BCUT2D eigenvalue weighted by atomic mass is 10.1. The number of nitro benzene ring substituents is 1. The Labute approximate surface area is 89.0 Å². The number of nitrogens with zero attached hydrogens (tertiary/aromatic N) is 1. The molecule has 0 saturated heterocycles. The van der Waals surface area contributed by atoms with Gasteiger partial charge in [-0.15, -0.1) is 11.6 Å².